The second-order valence-corrected chi connectivity index (χ2v) is 3.97. The molecule has 0 amide bonds. The summed E-state index contributed by atoms with van der Waals surface area (Å²) in [4.78, 5) is 0. The molecule has 0 spiro atoms. The van der Waals surface area contributed by atoms with Gasteiger partial charge < -0.3 is 14.9 Å². The van der Waals surface area contributed by atoms with Crippen LogP contribution in [0.25, 0.3) is 0 Å². The molecule has 1 rings (SSSR count). The fourth-order valence-electron chi connectivity index (χ4n) is 1.87. The standard InChI is InChI=1S/C12H20O3/c1-3-5-11-9(13)7-8-10(14)12(15-11)6-4-2/h3-4,9-14H,1-2,5-8H2/t9-,10+,11+,12-. The Labute approximate surface area is 91.1 Å². The van der Waals surface area contributed by atoms with Gasteiger partial charge in [-0.25, -0.2) is 0 Å². The first-order valence-corrected chi connectivity index (χ1v) is 5.42. The van der Waals surface area contributed by atoms with Gasteiger partial charge in [0.15, 0.2) is 0 Å². The minimum Gasteiger partial charge on any atom is -0.390 e. The zero-order valence-corrected chi connectivity index (χ0v) is 9.01. The third-order valence-electron chi connectivity index (χ3n) is 2.76. The maximum atomic E-state index is 9.77. The minimum atomic E-state index is -0.507. The van der Waals surface area contributed by atoms with Crippen LogP contribution in [-0.4, -0.2) is 34.6 Å². The van der Waals surface area contributed by atoms with Crippen molar-refractivity contribution in [2.45, 2.75) is 50.1 Å². The van der Waals surface area contributed by atoms with Crippen LogP contribution in [-0.2, 0) is 4.74 Å². The van der Waals surface area contributed by atoms with Gasteiger partial charge in [-0.1, -0.05) is 12.2 Å². The number of aliphatic hydroxyl groups is 2. The summed E-state index contributed by atoms with van der Waals surface area (Å²) in [6.45, 7) is 7.27. The van der Waals surface area contributed by atoms with Crippen molar-refractivity contribution in [2.75, 3.05) is 0 Å². The monoisotopic (exact) mass is 212 g/mol. The Morgan fingerprint density at radius 1 is 1.00 bits per heavy atom. The lowest BCUT2D eigenvalue weighted by Crippen LogP contribution is -2.33. The van der Waals surface area contributed by atoms with Crippen molar-refractivity contribution in [3.05, 3.63) is 25.3 Å². The fraction of sp³-hybridized carbons (Fsp3) is 0.667. The zero-order chi connectivity index (χ0) is 11.3. The third kappa shape index (κ3) is 3.45. The van der Waals surface area contributed by atoms with Gasteiger partial charge in [0.25, 0.3) is 0 Å². The molecule has 1 aliphatic rings. The molecule has 4 atom stereocenters. The van der Waals surface area contributed by atoms with Gasteiger partial charge in [0.1, 0.15) is 0 Å². The highest BCUT2D eigenvalue weighted by atomic mass is 16.5. The van der Waals surface area contributed by atoms with Crippen LogP contribution in [0.2, 0.25) is 0 Å². The van der Waals surface area contributed by atoms with Gasteiger partial charge in [-0.2, -0.15) is 0 Å². The maximum Gasteiger partial charge on any atom is 0.0873 e. The van der Waals surface area contributed by atoms with Crippen LogP contribution in [0.4, 0.5) is 0 Å². The van der Waals surface area contributed by atoms with E-state index in [-0.39, 0.29) is 12.2 Å². The second-order valence-electron chi connectivity index (χ2n) is 3.97. The molecule has 1 saturated heterocycles. The summed E-state index contributed by atoms with van der Waals surface area (Å²) in [5, 5.41) is 19.5. The van der Waals surface area contributed by atoms with Gasteiger partial charge in [-0.3, -0.25) is 0 Å². The Bertz CT molecular complexity index is 193. The molecule has 1 fully saturated rings. The van der Waals surface area contributed by atoms with Crippen LogP contribution in [0.1, 0.15) is 25.7 Å². The van der Waals surface area contributed by atoms with Gasteiger partial charge in [0, 0.05) is 0 Å². The summed E-state index contributed by atoms with van der Waals surface area (Å²) in [6, 6.07) is 0. The van der Waals surface area contributed by atoms with Crippen molar-refractivity contribution in [1.82, 2.24) is 0 Å². The van der Waals surface area contributed by atoms with Gasteiger partial charge >= 0.3 is 0 Å². The average Bonchev–Trinajstić information content (AvgIpc) is 2.34. The summed E-state index contributed by atoms with van der Waals surface area (Å²) >= 11 is 0. The third-order valence-corrected chi connectivity index (χ3v) is 2.76. The molecule has 0 aromatic carbocycles. The van der Waals surface area contributed by atoms with Gasteiger partial charge in [0.05, 0.1) is 24.4 Å². The largest absolute Gasteiger partial charge is 0.390 e. The van der Waals surface area contributed by atoms with Crippen LogP contribution < -0.4 is 0 Å². The molecule has 0 unspecified atom stereocenters. The zero-order valence-electron chi connectivity index (χ0n) is 9.01. The topological polar surface area (TPSA) is 49.7 Å². The van der Waals surface area contributed by atoms with Gasteiger partial charge in [-0.05, 0) is 25.7 Å². The van der Waals surface area contributed by atoms with Crippen LogP contribution in [0, 0.1) is 0 Å². The number of hydrogen-bond donors (Lipinski definition) is 2. The highest BCUT2D eigenvalue weighted by molar-refractivity contribution is 4.88. The van der Waals surface area contributed by atoms with Crippen LogP contribution >= 0.6 is 0 Å². The Morgan fingerprint density at radius 2 is 1.40 bits per heavy atom. The molecule has 0 radical (unpaired) electrons. The van der Waals surface area contributed by atoms with Gasteiger partial charge in [0.2, 0.25) is 0 Å². The lowest BCUT2D eigenvalue weighted by Gasteiger charge is -2.24. The number of hydrogen-bond acceptors (Lipinski definition) is 3. The van der Waals surface area contributed by atoms with E-state index in [0.29, 0.717) is 25.7 Å². The smallest absolute Gasteiger partial charge is 0.0873 e. The van der Waals surface area contributed by atoms with Crippen molar-refractivity contribution >= 4 is 0 Å². The second kappa shape index (κ2) is 6.05. The van der Waals surface area contributed by atoms with Crippen molar-refractivity contribution in [1.29, 1.82) is 0 Å². The molecule has 86 valence electrons. The van der Waals surface area contributed by atoms with Crippen LogP contribution in [0.5, 0.6) is 0 Å². The van der Waals surface area contributed by atoms with Crippen molar-refractivity contribution in [3.63, 3.8) is 0 Å². The van der Waals surface area contributed by atoms with Crippen LogP contribution in [0.15, 0.2) is 25.3 Å². The Hall–Kier alpha value is -0.640. The van der Waals surface area contributed by atoms with E-state index in [1.807, 2.05) is 0 Å². The number of aliphatic hydroxyl groups excluding tert-OH is 2. The summed E-state index contributed by atoms with van der Waals surface area (Å²) in [5.41, 5.74) is 0. The highest BCUT2D eigenvalue weighted by Gasteiger charge is 2.31. The summed E-state index contributed by atoms with van der Waals surface area (Å²) < 4.78 is 5.67. The maximum absolute atomic E-state index is 9.77. The minimum absolute atomic E-state index is 0.246. The SMILES string of the molecule is C=CC[C@@H]1O[C@H](CC=C)[C@@H](O)CC[C@H]1O. The molecular weight excluding hydrogens is 192 g/mol. The molecule has 2 N–H and O–H groups in total. The first-order valence-electron chi connectivity index (χ1n) is 5.42. The Morgan fingerprint density at radius 3 is 1.73 bits per heavy atom. The number of ether oxygens (including phenoxy) is 1. The fourth-order valence-corrected chi connectivity index (χ4v) is 1.87. The van der Waals surface area contributed by atoms with E-state index in [1.54, 1.807) is 12.2 Å². The predicted octanol–water partition coefficient (Wildman–Crippen LogP) is 1.41. The van der Waals surface area contributed by atoms with Crippen LogP contribution in [0.3, 0.4) is 0 Å². The van der Waals surface area contributed by atoms with E-state index in [9.17, 15) is 10.2 Å². The first-order chi connectivity index (χ1) is 7.19. The molecule has 1 aliphatic heterocycles. The Balaban J connectivity index is 2.64. The lowest BCUT2D eigenvalue weighted by atomic mass is 10.0. The average molecular weight is 212 g/mol. The lowest BCUT2D eigenvalue weighted by molar-refractivity contribution is -0.0906. The van der Waals surface area contributed by atoms with E-state index in [2.05, 4.69) is 13.2 Å². The molecular formula is C12H20O3. The summed E-state index contributed by atoms with van der Waals surface area (Å²) in [6.07, 6.45) is 4.34. The molecule has 15 heavy (non-hydrogen) atoms. The summed E-state index contributed by atoms with van der Waals surface area (Å²) in [7, 11) is 0. The molecule has 1 heterocycles. The van der Waals surface area contributed by atoms with E-state index < -0.39 is 12.2 Å². The predicted molar refractivity (Wildman–Crippen MR) is 59.5 cm³/mol. The molecule has 3 heteroatoms. The molecule has 0 aromatic heterocycles. The van der Waals surface area contributed by atoms with Gasteiger partial charge in [-0.15, -0.1) is 13.2 Å². The normalized spacial score (nSPS) is 36.9. The van der Waals surface area contributed by atoms with Crippen molar-refractivity contribution in [2.24, 2.45) is 0 Å². The highest BCUT2D eigenvalue weighted by Crippen LogP contribution is 2.23. The first kappa shape index (κ1) is 12.4. The van der Waals surface area contributed by atoms with Crippen molar-refractivity contribution < 1.29 is 14.9 Å². The Kier molecular flexibility index (Phi) is 5.02. The van der Waals surface area contributed by atoms with Crippen molar-refractivity contribution in [3.8, 4) is 0 Å². The van der Waals surface area contributed by atoms with E-state index >= 15 is 0 Å². The molecule has 3 nitrogen and oxygen atoms in total. The van der Waals surface area contributed by atoms with E-state index in [0.717, 1.165) is 0 Å². The van der Waals surface area contributed by atoms with E-state index in [1.165, 1.54) is 0 Å². The number of rotatable bonds is 4. The molecule has 0 aliphatic carbocycles. The molecule has 0 aromatic rings. The van der Waals surface area contributed by atoms with E-state index in [4.69, 9.17) is 4.74 Å². The molecule has 0 saturated carbocycles. The summed E-state index contributed by atoms with van der Waals surface area (Å²) in [5.74, 6) is 0. The quantitative estimate of drug-likeness (QED) is 0.693. The molecule has 0 bridgehead atoms.